The number of nitro benzene ring substituents is 1. The number of nitrogens with zero attached hydrogens (tertiary/aromatic N) is 2. The van der Waals surface area contributed by atoms with Crippen molar-refractivity contribution in [2.75, 3.05) is 33.6 Å². The van der Waals surface area contributed by atoms with Crippen LogP contribution in [-0.2, 0) is 9.84 Å². The van der Waals surface area contributed by atoms with Gasteiger partial charge in [-0.1, -0.05) is 0 Å². The van der Waals surface area contributed by atoms with Crippen molar-refractivity contribution in [3.8, 4) is 11.5 Å². The third-order valence-corrected chi connectivity index (χ3v) is 5.95. The molecule has 1 aromatic rings. The van der Waals surface area contributed by atoms with E-state index < -0.39 is 25.9 Å². The van der Waals surface area contributed by atoms with Crippen molar-refractivity contribution < 1.29 is 27.6 Å². The first-order chi connectivity index (χ1) is 11.7. The molecule has 2 rings (SSSR count). The molecule has 0 aliphatic carbocycles. The van der Waals surface area contributed by atoms with E-state index in [1.807, 2.05) is 0 Å². The van der Waals surface area contributed by atoms with Gasteiger partial charge >= 0.3 is 0 Å². The third-order valence-electron chi connectivity index (χ3n) is 4.26. The molecule has 1 aromatic carbocycles. The van der Waals surface area contributed by atoms with E-state index in [2.05, 4.69) is 0 Å². The number of carbonyl (C=O) groups excluding carboxylic acids is 1. The molecule has 1 saturated heterocycles. The molecule has 0 spiro atoms. The lowest BCUT2D eigenvalue weighted by Crippen LogP contribution is -2.42. The van der Waals surface area contributed by atoms with Gasteiger partial charge in [-0.2, -0.15) is 0 Å². The van der Waals surface area contributed by atoms with E-state index in [0.717, 1.165) is 6.07 Å². The predicted octanol–water partition coefficient (Wildman–Crippen LogP) is 1.26. The molecule has 0 saturated carbocycles. The van der Waals surface area contributed by atoms with Crippen molar-refractivity contribution in [1.82, 2.24) is 4.90 Å². The Hall–Kier alpha value is -2.36. The predicted molar refractivity (Wildman–Crippen MR) is 90.0 cm³/mol. The number of hydrogen-bond donors (Lipinski definition) is 0. The maximum absolute atomic E-state index is 12.7. The lowest BCUT2D eigenvalue weighted by molar-refractivity contribution is -0.385. The van der Waals surface area contributed by atoms with Gasteiger partial charge in [-0.05, 0) is 12.8 Å². The molecule has 0 radical (unpaired) electrons. The molecule has 0 N–H and O–H groups in total. The Morgan fingerprint density at radius 2 is 1.72 bits per heavy atom. The highest BCUT2D eigenvalue weighted by atomic mass is 32.2. The quantitative estimate of drug-likeness (QED) is 0.564. The number of hydrogen-bond acceptors (Lipinski definition) is 7. The first-order valence-electron chi connectivity index (χ1n) is 7.57. The average Bonchev–Trinajstić information content (AvgIpc) is 2.59. The first kappa shape index (κ1) is 19.0. The zero-order valence-corrected chi connectivity index (χ0v) is 15.0. The van der Waals surface area contributed by atoms with Gasteiger partial charge < -0.3 is 14.4 Å². The molecule has 25 heavy (non-hydrogen) atoms. The molecule has 9 nitrogen and oxygen atoms in total. The number of benzene rings is 1. The zero-order chi connectivity index (χ0) is 18.8. The summed E-state index contributed by atoms with van der Waals surface area (Å²) in [6, 6.07) is 2.43. The molecular weight excluding hydrogens is 352 g/mol. The number of rotatable bonds is 5. The SMILES string of the molecule is COc1cc(C(=O)N2CCC(S(C)(=O)=O)CC2)c([N+](=O)[O-])cc1OC. The lowest BCUT2D eigenvalue weighted by Gasteiger charge is -2.31. The summed E-state index contributed by atoms with van der Waals surface area (Å²) in [5, 5.41) is 10.8. The molecule has 138 valence electrons. The Balaban J connectivity index is 2.31. The van der Waals surface area contributed by atoms with E-state index in [0.29, 0.717) is 12.8 Å². The van der Waals surface area contributed by atoms with Gasteiger partial charge in [0.2, 0.25) is 0 Å². The van der Waals surface area contributed by atoms with Crippen LogP contribution in [0.4, 0.5) is 5.69 Å². The summed E-state index contributed by atoms with van der Waals surface area (Å²) < 4.78 is 33.4. The van der Waals surface area contributed by atoms with E-state index in [9.17, 15) is 23.3 Å². The van der Waals surface area contributed by atoms with E-state index >= 15 is 0 Å². The fraction of sp³-hybridized carbons (Fsp3) is 0.533. The number of sulfone groups is 1. The summed E-state index contributed by atoms with van der Waals surface area (Å²) in [5.41, 5.74) is -0.492. The highest BCUT2D eigenvalue weighted by molar-refractivity contribution is 7.91. The minimum atomic E-state index is -3.16. The normalized spacial score (nSPS) is 15.7. The second-order valence-electron chi connectivity index (χ2n) is 5.80. The summed E-state index contributed by atoms with van der Waals surface area (Å²) >= 11 is 0. The standard InChI is InChI=1S/C15H20N2O7S/c1-23-13-8-11(12(17(19)20)9-14(13)24-2)15(18)16-6-4-10(5-7-16)25(3,21)22/h8-10H,4-7H2,1-3H3. The van der Waals surface area contributed by atoms with Crippen molar-refractivity contribution in [3.63, 3.8) is 0 Å². The first-order valence-corrected chi connectivity index (χ1v) is 9.53. The molecule has 1 aliphatic heterocycles. The van der Waals surface area contributed by atoms with Crippen LogP contribution in [0, 0.1) is 10.1 Å². The Morgan fingerprint density at radius 3 is 2.16 bits per heavy atom. The van der Waals surface area contributed by atoms with Crippen LogP contribution < -0.4 is 9.47 Å². The van der Waals surface area contributed by atoms with E-state index in [1.54, 1.807) is 0 Å². The average molecular weight is 372 g/mol. The molecule has 1 fully saturated rings. The second kappa shape index (κ2) is 7.26. The van der Waals surface area contributed by atoms with Crippen LogP contribution in [-0.4, -0.2) is 63.0 Å². The van der Waals surface area contributed by atoms with Crippen LogP contribution in [0.2, 0.25) is 0 Å². The molecule has 0 atom stereocenters. The maximum Gasteiger partial charge on any atom is 0.286 e. The number of methoxy groups -OCH3 is 2. The number of nitro groups is 1. The second-order valence-corrected chi connectivity index (χ2v) is 8.13. The minimum absolute atomic E-state index is 0.111. The lowest BCUT2D eigenvalue weighted by atomic mass is 10.1. The van der Waals surface area contributed by atoms with Crippen molar-refractivity contribution in [2.24, 2.45) is 0 Å². The van der Waals surface area contributed by atoms with Gasteiger partial charge in [0.1, 0.15) is 15.4 Å². The Bertz CT molecular complexity index is 783. The highest BCUT2D eigenvalue weighted by Crippen LogP contribution is 2.35. The van der Waals surface area contributed by atoms with Crippen LogP contribution in [0.15, 0.2) is 12.1 Å². The van der Waals surface area contributed by atoms with E-state index in [-0.39, 0.29) is 35.8 Å². The summed E-state index contributed by atoms with van der Waals surface area (Å²) in [6.45, 7) is 0.449. The maximum atomic E-state index is 12.7. The van der Waals surface area contributed by atoms with Gasteiger partial charge in [-0.15, -0.1) is 0 Å². The van der Waals surface area contributed by atoms with Gasteiger partial charge in [-0.25, -0.2) is 8.42 Å². The van der Waals surface area contributed by atoms with E-state index in [1.165, 1.54) is 31.4 Å². The van der Waals surface area contributed by atoms with Gasteiger partial charge in [0.05, 0.1) is 30.5 Å². The van der Waals surface area contributed by atoms with Crippen molar-refractivity contribution in [2.45, 2.75) is 18.1 Å². The number of carbonyl (C=O) groups is 1. The Morgan fingerprint density at radius 1 is 1.20 bits per heavy atom. The summed E-state index contributed by atoms with van der Waals surface area (Å²) in [4.78, 5) is 24.8. The van der Waals surface area contributed by atoms with Crippen LogP contribution in [0.3, 0.4) is 0 Å². The fourth-order valence-corrected chi connectivity index (χ4v) is 3.92. The van der Waals surface area contributed by atoms with Crippen molar-refractivity contribution >= 4 is 21.4 Å². The zero-order valence-electron chi connectivity index (χ0n) is 14.2. The Kier molecular flexibility index (Phi) is 5.51. The van der Waals surface area contributed by atoms with Crippen LogP contribution >= 0.6 is 0 Å². The number of piperidine rings is 1. The number of likely N-dealkylation sites (tertiary alicyclic amines) is 1. The highest BCUT2D eigenvalue weighted by Gasteiger charge is 2.32. The molecule has 0 unspecified atom stereocenters. The number of ether oxygens (including phenoxy) is 2. The molecule has 1 amide bonds. The van der Waals surface area contributed by atoms with Crippen LogP contribution in [0.5, 0.6) is 11.5 Å². The smallest absolute Gasteiger partial charge is 0.286 e. The molecule has 0 aromatic heterocycles. The van der Waals surface area contributed by atoms with Crippen LogP contribution in [0.25, 0.3) is 0 Å². The molecule has 10 heteroatoms. The Labute approximate surface area is 145 Å². The molecule has 0 bridgehead atoms. The van der Waals surface area contributed by atoms with Gasteiger partial charge in [-0.3, -0.25) is 14.9 Å². The largest absolute Gasteiger partial charge is 0.493 e. The van der Waals surface area contributed by atoms with Gasteiger partial charge in [0.15, 0.2) is 11.5 Å². The van der Waals surface area contributed by atoms with Crippen molar-refractivity contribution in [1.29, 1.82) is 0 Å². The summed E-state index contributed by atoms with van der Waals surface area (Å²) in [5.74, 6) is -0.163. The monoisotopic (exact) mass is 372 g/mol. The summed E-state index contributed by atoms with van der Waals surface area (Å²) in [7, 11) is -0.447. The van der Waals surface area contributed by atoms with Crippen LogP contribution in [0.1, 0.15) is 23.2 Å². The number of amides is 1. The minimum Gasteiger partial charge on any atom is -0.493 e. The fourth-order valence-electron chi connectivity index (χ4n) is 2.85. The molecular formula is C15H20N2O7S. The molecule has 1 aliphatic rings. The van der Waals surface area contributed by atoms with Crippen molar-refractivity contribution in [3.05, 3.63) is 27.8 Å². The summed E-state index contributed by atoms with van der Waals surface area (Å²) in [6.07, 6.45) is 1.80. The topological polar surface area (TPSA) is 116 Å². The van der Waals surface area contributed by atoms with Gasteiger partial charge in [0, 0.05) is 25.4 Å². The van der Waals surface area contributed by atoms with Gasteiger partial charge in [0.25, 0.3) is 11.6 Å². The molecule has 1 heterocycles. The van der Waals surface area contributed by atoms with E-state index in [4.69, 9.17) is 9.47 Å². The third kappa shape index (κ3) is 4.01.